The van der Waals surface area contributed by atoms with Crippen LogP contribution in [-0.2, 0) is 17.8 Å². The van der Waals surface area contributed by atoms with Crippen LogP contribution in [0.3, 0.4) is 0 Å². The van der Waals surface area contributed by atoms with Gasteiger partial charge in [0.1, 0.15) is 5.82 Å². The Balaban J connectivity index is 1.52. The summed E-state index contributed by atoms with van der Waals surface area (Å²) in [5.74, 6) is -0.903. The van der Waals surface area contributed by atoms with Gasteiger partial charge in [-0.2, -0.15) is 0 Å². The molecule has 6 nitrogen and oxygen atoms in total. The van der Waals surface area contributed by atoms with E-state index in [0.29, 0.717) is 36.5 Å². The summed E-state index contributed by atoms with van der Waals surface area (Å²) in [6, 6.07) is 9.92. The number of benzene rings is 1. The van der Waals surface area contributed by atoms with Gasteiger partial charge in [0.05, 0.1) is 39.1 Å². The second-order valence-electron chi connectivity index (χ2n) is 7.67. The zero-order valence-electron chi connectivity index (χ0n) is 16.4. The summed E-state index contributed by atoms with van der Waals surface area (Å²) in [7, 11) is 0. The molecule has 4 heterocycles. The number of nitrogens with zero attached hydrogens (tertiary/aromatic N) is 2. The molecule has 1 atom stereocenters. The Morgan fingerprint density at radius 1 is 1.13 bits per heavy atom. The van der Waals surface area contributed by atoms with Crippen molar-refractivity contribution in [1.82, 2.24) is 20.6 Å². The van der Waals surface area contributed by atoms with Crippen LogP contribution in [0.25, 0.3) is 11.3 Å². The molecule has 31 heavy (non-hydrogen) atoms. The van der Waals surface area contributed by atoms with E-state index in [1.54, 1.807) is 24.4 Å². The molecule has 0 spiro atoms. The molecule has 2 aliphatic rings. The molecule has 2 aromatic heterocycles. The topological polar surface area (TPSA) is 84.0 Å². The van der Waals surface area contributed by atoms with Crippen LogP contribution in [0.4, 0.5) is 4.39 Å². The van der Waals surface area contributed by atoms with E-state index in [-0.39, 0.29) is 28.3 Å². The number of carbonyl (C=O) groups is 2. The van der Waals surface area contributed by atoms with E-state index in [0.717, 1.165) is 23.2 Å². The summed E-state index contributed by atoms with van der Waals surface area (Å²) in [6.07, 6.45) is 2.77. The highest BCUT2D eigenvalue weighted by Crippen LogP contribution is 2.33. The van der Waals surface area contributed by atoms with Crippen molar-refractivity contribution >= 4 is 23.4 Å². The average Bonchev–Trinajstić information content (AvgIpc) is 3.34. The first kappa shape index (κ1) is 19.6. The fourth-order valence-electron chi connectivity index (χ4n) is 4.15. The molecule has 8 heteroatoms. The molecule has 5 rings (SSSR count). The van der Waals surface area contributed by atoms with Crippen LogP contribution in [0.1, 0.15) is 45.2 Å². The average molecular weight is 437 g/mol. The Kier molecular flexibility index (Phi) is 4.90. The van der Waals surface area contributed by atoms with Crippen molar-refractivity contribution in [1.29, 1.82) is 0 Å². The zero-order valence-corrected chi connectivity index (χ0v) is 17.2. The molecule has 0 radical (unpaired) electrons. The first-order chi connectivity index (χ1) is 15.0. The minimum absolute atomic E-state index is 0.00845. The maximum Gasteiger partial charge on any atom is 0.253 e. The van der Waals surface area contributed by atoms with Crippen LogP contribution < -0.4 is 10.6 Å². The van der Waals surface area contributed by atoms with Gasteiger partial charge in [-0.3, -0.25) is 19.6 Å². The Morgan fingerprint density at radius 2 is 2.00 bits per heavy atom. The number of rotatable bonds is 4. The van der Waals surface area contributed by atoms with Gasteiger partial charge in [0.2, 0.25) is 5.91 Å². The molecule has 0 aliphatic carbocycles. The minimum Gasteiger partial charge on any atom is -0.355 e. The van der Waals surface area contributed by atoms with Gasteiger partial charge in [0.25, 0.3) is 5.91 Å². The lowest BCUT2D eigenvalue weighted by atomic mass is 9.99. The molecular weight excluding hydrogens is 419 g/mol. The standard InChI is InChI=1S/C23H18ClFN4O2/c24-15-2-1-3-16(25)21(15)19-9-13-11-28-23(31)20(13)18(29-19)8-12-4-5-17(27-10-12)14-6-7-26-22(14)30/h1-5,9-10,14H,6-8,11H2,(H,26,30)(H,28,31)/t14-/m0/s1. The SMILES string of the molecule is O=C1NCc2cc(-c3c(F)cccc3Cl)nc(Cc3ccc([C@@H]4CCNC4=O)nc3)c21. The second kappa shape index (κ2) is 7.74. The summed E-state index contributed by atoms with van der Waals surface area (Å²) < 4.78 is 14.5. The van der Waals surface area contributed by atoms with Crippen LogP contribution in [0.5, 0.6) is 0 Å². The first-order valence-electron chi connectivity index (χ1n) is 9.99. The van der Waals surface area contributed by atoms with Gasteiger partial charge in [-0.05, 0) is 41.8 Å². The molecule has 0 bridgehead atoms. The van der Waals surface area contributed by atoms with Gasteiger partial charge in [0, 0.05) is 25.7 Å². The normalized spacial score (nSPS) is 17.4. The van der Waals surface area contributed by atoms with E-state index >= 15 is 0 Å². The molecular formula is C23H18ClFN4O2. The number of carbonyl (C=O) groups excluding carboxylic acids is 2. The van der Waals surface area contributed by atoms with E-state index in [1.165, 1.54) is 6.07 Å². The van der Waals surface area contributed by atoms with Crippen LogP contribution in [0.15, 0.2) is 42.6 Å². The predicted octanol–water partition coefficient (Wildman–Crippen LogP) is 3.37. The molecule has 156 valence electrons. The third-order valence-corrected chi connectivity index (χ3v) is 6.00. The van der Waals surface area contributed by atoms with Crippen molar-refractivity contribution in [3.8, 4) is 11.3 Å². The summed E-state index contributed by atoms with van der Waals surface area (Å²) in [5.41, 5.74) is 3.98. The van der Waals surface area contributed by atoms with Gasteiger partial charge >= 0.3 is 0 Å². The molecule has 1 saturated heterocycles. The van der Waals surface area contributed by atoms with Crippen molar-refractivity contribution in [2.45, 2.75) is 25.3 Å². The predicted molar refractivity (Wildman–Crippen MR) is 113 cm³/mol. The fourth-order valence-corrected chi connectivity index (χ4v) is 4.41. The van der Waals surface area contributed by atoms with Gasteiger partial charge in [0.15, 0.2) is 0 Å². The highest BCUT2D eigenvalue weighted by molar-refractivity contribution is 6.33. The number of hydrogen-bond donors (Lipinski definition) is 2. The van der Waals surface area contributed by atoms with E-state index < -0.39 is 5.82 Å². The van der Waals surface area contributed by atoms with Gasteiger partial charge in [-0.1, -0.05) is 23.7 Å². The largest absolute Gasteiger partial charge is 0.355 e. The van der Waals surface area contributed by atoms with Crippen molar-refractivity contribution in [2.24, 2.45) is 0 Å². The number of nitrogens with one attached hydrogen (secondary N) is 2. The maximum atomic E-state index is 14.5. The van der Waals surface area contributed by atoms with Crippen LogP contribution in [0, 0.1) is 5.82 Å². The summed E-state index contributed by atoms with van der Waals surface area (Å²) in [4.78, 5) is 33.4. The van der Waals surface area contributed by atoms with E-state index in [2.05, 4.69) is 20.6 Å². The highest BCUT2D eigenvalue weighted by atomic mass is 35.5. The summed E-state index contributed by atoms with van der Waals surface area (Å²) in [6.45, 7) is 1.01. The Bertz CT molecular complexity index is 1190. The molecule has 3 aromatic rings. The maximum absolute atomic E-state index is 14.5. The number of pyridine rings is 2. The van der Waals surface area contributed by atoms with E-state index in [1.807, 2.05) is 12.1 Å². The third kappa shape index (κ3) is 3.55. The summed E-state index contributed by atoms with van der Waals surface area (Å²) in [5, 5.41) is 5.88. The zero-order chi connectivity index (χ0) is 21.5. The minimum atomic E-state index is -0.468. The molecule has 0 saturated carbocycles. The van der Waals surface area contributed by atoms with Gasteiger partial charge in [-0.15, -0.1) is 0 Å². The van der Waals surface area contributed by atoms with Crippen LogP contribution in [0.2, 0.25) is 5.02 Å². The van der Waals surface area contributed by atoms with E-state index in [4.69, 9.17) is 11.6 Å². The number of fused-ring (bicyclic) bond motifs is 1. The number of halogens is 2. The Labute approximate surface area is 182 Å². The lowest BCUT2D eigenvalue weighted by molar-refractivity contribution is -0.120. The van der Waals surface area contributed by atoms with Gasteiger partial charge in [-0.25, -0.2) is 4.39 Å². The lowest BCUT2D eigenvalue weighted by Crippen LogP contribution is -2.18. The van der Waals surface area contributed by atoms with Gasteiger partial charge < -0.3 is 10.6 Å². The molecule has 2 aliphatic heterocycles. The van der Waals surface area contributed by atoms with E-state index in [9.17, 15) is 14.0 Å². The van der Waals surface area contributed by atoms with Crippen molar-refractivity contribution < 1.29 is 14.0 Å². The quantitative estimate of drug-likeness (QED) is 0.656. The number of amides is 2. The molecule has 2 amide bonds. The third-order valence-electron chi connectivity index (χ3n) is 5.69. The fraction of sp³-hybridized carbons (Fsp3) is 0.217. The number of hydrogen-bond acceptors (Lipinski definition) is 4. The lowest BCUT2D eigenvalue weighted by Gasteiger charge is -2.12. The number of aromatic nitrogens is 2. The van der Waals surface area contributed by atoms with Crippen LogP contribution in [-0.4, -0.2) is 28.3 Å². The molecule has 1 aromatic carbocycles. The smallest absolute Gasteiger partial charge is 0.253 e. The molecule has 0 unspecified atom stereocenters. The summed E-state index contributed by atoms with van der Waals surface area (Å²) >= 11 is 6.24. The first-order valence-corrected chi connectivity index (χ1v) is 10.4. The second-order valence-corrected chi connectivity index (χ2v) is 8.08. The van der Waals surface area contributed by atoms with Crippen molar-refractivity contribution in [3.05, 3.63) is 81.5 Å². The van der Waals surface area contributed by atoms with Crippen molar-refractivity contribution in [3.63, 3.8) is 0 Å². The highest BCUT2D eigenvalue weighted by Gasteiger charge is 2.28. The Hall–Kier alpha value is -3.32. The monoisotopic (exact) mass is 436 g/mol. The molecule has 2 N–H and O–H groups in total. The van der Waals surface area contributed by atoms with Crippen LogP contribution >= 0.6 is 11.6 Å². The Morgan fingerprint density at radius 3 is 2.71 bits per heavy atom. The molecule has 1 fully saturated rings. The van der Waals surface area contributed by atoms with Crippen molar-refractivity contribution in [2.75, 3.05) is 6.54 Å².